The summed E-state index contributed by atoms with van der Waals surface area (Å²) < 4.78 is 15.8. The van der Waals surface area contributed by atoms with E-state index in [1.807, 2.05) is 55.5 Å². The van der Waals surface area contributed by atoms with E-state index in [1.165, 1.54) is 7.11 Å². The minimum atomic E-state index is -0.378. The van der Waals surface area contributed by atoms with Gasteiger partial charge >= 0.3 is 5.97 Å². The lowest BCUT2D eigenvalue weighted by molar-refractivity contribution is 0.0600. The maximum absolute atomic E-state index is 11.7. The number of nitrogens with zero attached hydrogens (tertiary/aromatic N) is 2. The first-order valence-electron chi connectivity index (χ1n) is 9.75. The molecule has 154 valence electrons. The number of aryl methyl sites for hydroxylation is 1. The molecule has 7 heteroatoms. The van der Waals surface area contributed by atoms with Crippen LogP contribution in [0, 0.1) is 6.92 Å². The van der Waals surface area contributed by atoms with E-state index in [2.05, 4.69) is 9.97 Å². The van der Waals surface area contributed by atoms with Crippen molar-refractivity contribution in [3.8, 4) is 45.5 Å². The second-order valence-corrected chi connectivity index (χ2v) is 7.11. The van der Waals surface area contributed by atoms with Crippen LogP contribution < -0.4 is 9.47 Å². The van der Waals surface area contributed by atoms with Gasteiger partial charge < -0.3 is 19.2 Å². The molecule has 2 aromatic carbocycles. The number of pyridine rings is 1. The molecule has 0 radical (unpaired) electrons. The van der Waals surface area contributed by atoms with Crippen molar-refractivity contribution in [3.63, 3.8) is 0 Å². The van der Waals surface area contributed by atoms with Gasteiger partial charge in [-0.1, -0.05) is 18.2 Å². The first-order valence-corrected chi connectivity index (χ1v) is 9.75. The van der Waals surface area contributed by atoms with Crippen LogP contribution >= 0.6 is 0 Å². The lowest BCUT2D eigenvalue weighted by atomic mass is 10.1. The smallest absolute Gasteiger partial charge is 0.337 e. The predicted octanol–water partition coefficient (Wildman–Crippen LogP) is 4.63. The Morgan fingerprint density at radius 3 is 2.52 bits per heavy atom. The number of ether oxygens (including phenoxy) is 3. The van der Waals surface area contributed by atoms with Gasteiger partial charge in [0.25, 0.3) is 0 Å². The molecule has 1 aliphatic heterocycles. The molecule has 31 heavy (non-hydrogen) atoms. The zero-order valence-corrected chi connectivity index (χ0v) is 17.0. The van der Waals surface area contributed by atoms with Crippen molar-refractivity contribution < 1.29 is 19.0 Å². The Balaban J connectivity index is 1.63. The maximum Gasteiger partial charge on any atom is 0.337 e. The summed E-state index contributed by atoms with van der Waals surface area (Å²) in [5.74, 6) is 1.69. The molecule has 1 aliphatic rings. The summed E-state index contributed by atoms with van der Waals surface area (Å²) in [6, 6.07) is 18.7. The van der Waals surface area contributed by atoms with E-state index in [1.54, 1.807) is 12.1 Å². The fourth-order valence-electron chi connectivity index (χ4n) is 3.51. The largest absolute Gasteiger partial charge is 0.465 e. The van der Waals surface area contributed by atoms with Crippen molar-refractivity contribution in [1.29, 1.82) is 0 Å². The molecule has 4 aromatic rings. The summed E-state index contributed by atoms with van der Waals surface area (Å²) in [5.41, 5.74) is 5.46. The number of benzene rings is 2. The third kappa shape index (κ3) is 3.50. The number of carbonyl (C=O) groups excluding carboxylic acids is 1. The van der Waals surface area contributed by atoms with Gasteiger partial charge in [0.2, 0.25) is 6.79 Å². The number of H-pyrrole nitrogens is 1. The molecule has 3 heterocycles. The molecule has 0 amide bonds. The lowest BCUT2D eigenvalue weighted by Crippen LogP contribution is -2.00. The summed E-state index contributed by atoms with van der Waals surface area (Å²) in [4.78, 5) is 24.7. The van der Waals surface area contributed by atoms with Crippen molar-refractivity contribution in [2.24, 2.45) is 0 Å². The number of hydrogen-bond acceptors (Lipinski definition) is 6. The molecule has 0 atom stereocenters. The Morgan fingerprint density at radius 1 is 0.968 bits per heavy atom. The number of hydrogen-bond donors (Lipinski definition) is 1. The SMILES string of the molecule is COC(=O)c1ccc(-c2nc(-c3ccc4c(c3)OCO4)c(-c3cccc(C)n3)[nH]2)cc1. The average molecular weight is 413 g/mol. The van der Waals surface area contributed by atoms with Gasteiger partial charge in [-0.25, -0.2) is 9.78 Å². The lowest BCUT2D eigenvalue weighted by Gasteiger charge is -2.04. The average Bonchev–Trinajstić information content (AvgIpc) is 3.45. The van der Waals surface area contributed by atoms with Crippen LogP contribution in [-0.4, -0.2) is 34.8 Å². The molecular weight excluding hydrogens is 394 g/mol. The van der Waals surface area contributed by atoms with Gasteiger partial charge in [-0.3, -0.25) is 4.98 Å². The number of aromatic nitrogens is 3. The Hall–Kier alpha value is -4.13. The van der Waals surface area contributed by atoms with Crippen LogP contribution in [0.3, 0.4) is 0 Å². The topological polar surface area (TPSA) is 86.3 Å². The van der Waals surface area contributed by atoms with Gasteiger partial charge in [-0.2, -0.15) is 0 Å². The van der Waals surface area contributed by atoms with Gasteiger partial charge in [0.15, 0.2) is 11.5 Å². The summed E-state index contributed by atoms with van der Waals surface area (Å²) in [7, 11) is 1.36. The van der Waals surface area contributed by atoms with Crippen LogP contribution in [0.5, 0.6) is 11.5 Å². The van der Waals surface area contributed by atoms with Gasteiger partial charge in [-0.15, -0.1) is 0 Å². The second kappa shape index (κ2) is 7.60. The van der Waals surface area contributed by atoms with Crippen LogP contribution in [0.2, 0.25) is 0 Å². The van der Waals surface area contributed by atoms with E-state index in [-0.39, 0.29) is 12.8 Å². The number of imidazole rings is 1. The molecule has 0 saturated heterocycles. The monoisotopic (exact) mass is 413 g/mol. The van der Waals surface area contributed by atoms with Crippen LogP contribution in [0.15, 0.2) is 60.7 Å². The van der Waals surface area contributed by atoms with Crippen molar-refractivity contribution in [1.82, 2.24) is 15.0 Å². The molecule has 2 aromatic heterocycles. The third-order valence-electron chi connectivity index (χ3n) is 5.07. The predicted molar refractivity (Wildman–Crippen MR) is 115 cm³/mol. The molecule has 0 spiro atoms. The van der Waals surface area contributed by atoms with E-state index in [0.717, 1.165) is 33.9 Å². The third-order valence-corrected chi connectivity index (χ3v) is 5.07. The van der Waals surface area contributed by atoms with E-state index in [9.17, 15) is 4.79 Å². The normalized spacial score (nSPS) is 12.1. The molecular formula is C24H19N3O4. The van der Waals surface area contributed by atoms with Crippen molar-refractivity contribution in [2.75, 3.05) is 13.9 Å². The van der Waals surface area contributed by atoms with Gasteiger partial charge in [-0.05, 0) is 49.4 Å². The molecule has 0 saturated carbocycles. The molecule has 5 rings (SSSR count). The molecule has 1 N–H and O–H groups in total. The van der Waals surface area contributed by atoms with E-state index in [0.29, 0.717) is 22.9 Å². The highest BCUT2D eigenvalue weighted by Gasteiger charge is 2.20. The van der Waals surface area contributed by atoms with Gasteiger partial charge in [0.05, 0.1) is 29.8 Å². The molecule has 7 nitrogen and oxygen atoms in total. The van der Waals surface area contributed by atoms with Crippen LogP contribution in [0.4, 0.5) is 0 Å². The number of nitrogens with one attached hydrogen (secondary N) is 1. The van der Waals surface area contributed by atoms with Crippen molar-refractivity contribution >= 4 is 5.97 Å². The minimum Gasteiger partial charge on any atom is -0.465 e. The zero-order chi connectivity index (χ0) is 21.4. The van der Waals surface area contributed by atoms with E-state index >= 15 is 0 Å². The Bertz CT molecular complexity index is 1280. The Kier molecular flexibility index (Phi) is 4.63. The quantitative estimate of drug-likeness (QED) is 0.491. The molecule has 0 aliphatic carbocycles. The van der Waals surface area contributed by atoms with E-state index in [4.69, 9.17) is 19.2 Å². The van der Waals surface area contributed by atoms with Crippen LogP contribution in [0.1, 0.15) is 16.1 Å². The number of rotatable bonds is 4. The summed E-state index contributed by atoms with van der Waals surface area (Å²) in [5, 5.41) is 0. The van der Waals surface area contributed by atoms with Gasteiger partial charge in [0, 0.05) is 16.8 Å². The Morgan fingerprint density at radius 2 is 1.74 bits per heavy atom. The van der Waals surface area contributed by atoms with E-state index < -0.39 is 0 Å². The molecule has 0 unspecified atom stereocenters. The van der Waals surface area contributed by atoms with Gasteiger partial charge in [0.1, 0.15) is 5.82 Å². The first-order chi connectivity index (χ1) is 15.1. The summed E-state index contributed by atoms with van der Waals surface area (Å²) in [6.07, 6.45) is 0. The fourth-order valence-corrected chi connectivity index (χ4v) is 3.51. The van der Waals surface area contributed by atoms with Crippen molar-refractivity contribution in [2.45, 2.75) is 6.92 Å². The standard InChI is InChI=1S/C24H19N3O4/c1-14-4-3-5-18(25-14)22-21(17-10-11-19-20(12-17)31-13-30-19)26-23(27-22)15-6-8-16(9-7-15)24(28)29-2/h3-12H,13H2,1-2H3,(H,26,27). The Labute approximate surface area is 178 Å². The molecule has 0 fully saturated rings. The number of methoxy groups -OCH3 is 1. The zero-order valence-electron chi connectivity index (χ0n) is 17.0. The van der Waals surface area contributed by atoms with Crippen LogP contribution in [-0.2, 0) is 4.74 Å². The maximum atomic E-state index is 11.7. The number of carbonyl (C=O) groups is 1. The second-order valence-electron chi connectivity index (χ2n) is 7.11. The number of esters is 1. The van der Waals surface area contributed by atoms with Crippen LogP contribution in [0.25, 0.3) is 34.0 Å². The first kappa shape index (κ1) is 18.9. The molecule has 0 bridgehead atoms. The highest BCUT2D eigenvalue weighted by atomic mass is 16.7. The number of fused-ring (bicyclic) bond motifs is 1. The summed E-state index contributed by atoms with van der Waals surface area (Å²) >= 11 is 0. The summed E-state index contributed by atoms with van der Waals surface area (Å²) in [6.45, 7) is 2.16. The highest BCUT2D eigenvalue weighted by Crippen LogP contribution is 2.39. The highest BCUT2D eigenvalue weighted by molar-refractivity contribution is 5.90. The fraction of sp³-hybridized carbons (Fsp3) is 0.125. The minimum absolute atomic E-state index is 0.212. The number of aromatic amines is 1. The van der Waals surface area contributed by atoms with Crippen molar-refractivity contribution in [3.05, 3.63) is 71.9 Å².